The van der Waals surface area contributed by atoms with E-state index in [1.54, 1.807) is 16.8 Å². The Bertz CT molecular complexity index is 1920. The van der Waals surface area contributed by atoms with E-state index in [-0.39, 0.29) is 22.9 Å². The van der Waals surface area contributed by atoms with Crippen molar-refractivity contribution >= 4 is 31.0 Å². The predicted octanol–water partition coefficient (Wildman–Crippen LogP) is 8.59. The molecule has 6 rings (SSSR count). The Labute approximate surface area is 276 Å². The Kier molecular flexibility index (Phi) is 9.04. The third-order valence-electron chi connectivity index (χ3n) is 9.37. The summed E-state index contributed by atoms with van der Waals surface area (Å²) in [7, 11) is -2.08. The number of fused-ring (bicyclic) bond motifs is 1. The average Bonchev–Trinajstić information content (AvgIpc) is 3.41. The highest BCUT2D eigenvalue weighted by molar-refractivity contribution is 6.74. The summed E-state index contributed by atoms with van der Waals surface area (Å²) in [5, 5.41) is 5.69. The molecule has 8 nitrogen and oxygen atoms in total. The first-order valence-corrected chi connectivity index (χ1v) is 19.3. The molecule has 1 aliphatic rings. The maximum absolute atomic E-state index is 13.9. The lowest BCUT2D eigenvalue weighted by Gasteiger charge is -2.37. The van der Waals surface area contributed by atoms with Crippen LogP contribution in [-0.2, 0) is 9.16 Å². The standard InChI is InChI=1S/C36H42ClN5O3Si/c1-24-20-27(15-17-38-24)34-35-30(42(40-34)33-12-7-8-19-44-33)14-13-29(39-35)25-16-18-41(32(43)22-25)31(26-10-9-11-28(37)21-26)23-45-46(5,6)36(2,3)4/h9-11,13-18,20-22,31,33H,7-8,12,19,23H2,1-6H3/t31-,33?/m1/s1. The van der Waals surface area contributed by atoms with Gasteiger partial charge >= 0.3 is 0 Å². The van der Waals surface area contributed by atoms with E-state index < -0.39 is 8.32 Å². The van der Waals surface area contributed by atoms with E-state index >= 15 is 0 Å². The fourth-order valence-electron chi connectivity index (χ4n) is 5.67. The number of aromatic nitrogens is 5. The third-order valence-corrected chi connectivity index (χ3v) is 14.1. The number of hydrogen-bond donors (Lipinski definition) is 0. The van der Waals surface area contributed by atoms with E-state index in [9.17, 15) is 4.79 Å². The van der Waals surface area contributed by atoms with Gasteiger partial charge in [-0.1, -0.05) is 44.5 Å². The van der Waals surface area contributed by atoms with Crippen LogP contribution in [0.1, 0.15) is 63.6 Å². The first-order chi connectivity index (χ1) is 21.9. The van der Waals surface area contributed by atoms with Crippen LogP contribution in [0.25, 0.3) is 33.5 Å². The summed E-state index contributed by atoms with van der Waals surface area (Å²) in [5.74, 6) is 0. The van der Waals surface area contributed by atoms with Crippen LogP contribution in [0, 0.1) is 6.92 Å². The highest BCUT2D eigenvalue weighted by atomic mass is 35.5. The molecular weight excluding hydrogens is 614 g/mol. The molecule has 0 aliphatic carbocycles. The van der Waals surface area contributed by atoms with Crippen LogP contribution in [-0.4, -0.2) is 45.8 Å². The molecule has 1 aliphatic heterocycles. The smallest absolute Gasteiger partial charge is 0.251 e. The van der Waals surface area contributed by atoms with Crippen LogP contribution in [0.2, 0.25) is 23.2 Å². The molecule has 46 heavy (non-hydrogen) atoms. The zero-order valence-electron chi connectivity index (χ0n) is 27.5. The van der Waals surface area contributed by atoms with Crippen LogP contribution in [0.4, 0.5) is 0 Å². The van der Waals surface area contributed by atoms with Crippen molar-refractivity contribution < 1.29 is 9.16 Å². The van der Waals surface area contributed by atoms with Crippen LogP contribution in [0.3, 0.4) is 0 Å². The molecule has 0 bridgehead atoms. The number of ether oxygens (including phenoxy) is 1. The molecule has 0 N–H and O–H groups in total. The van der Waals surface area contributed by atoms with Gasteiger partial charge in [-0.05, 0) is 92.3 Å². The minimum Gasteiger partial charge on any atom is -0.414 e. The molecule has 0 radical (unpaired) electrons. The maximum Gasteiger partial charge on any atom is 0.251 e. The zero-order chi connectivity index (χ0) is 32.6. The van der Waals surface area contributed by atoms with Crippen LogP contribution >= 0.6 is 11.6 Å². The van der Waals surface area contributed by atoms with Gasteiger partial charge in [0.05, 0.1) is 23.9 Å². The van der Waals surface area contributed by atoms with Crippen LogP contribution < -0.4 is 5.56 Å². The summed E-state index contributed by atoms with van der Waals surface area (Å²) >= 11 is 6.40. The second-order valence-corrected chi connectivity index (χ2v) is 18.9. The van der Waals surface area contributed by atoms with Crippen molar-refractivity contribution in [2.24, 2.45) is 0 Å². The quantitative estimate of drug-likeness (QED) is 0.156. The summed E-state index contributed by atoms with van der Waals surface area (Å²) in [4.78, 5) is 23.3. The van der Waals surface area contributed by atoms with Gasteiger partial charge < -0.3 is 13.7 Å². The molecule has 10 heteroatoms. The van der Waals surface area contributed by atoms with Crippen molar-refractivity contribution in [3.8, 4) is 22.5 Å². The van der Waals surface area contributed by atoms with Crippen molar-refractivity contribution in [2.45, 2.75) is 77.4 Å². The van der Waals surface area contributed by atoms with Crippen molar-refractivity contribution in [1.29, 1.82) is 0 Å². The monoisotopic (exact) mass is 655 g/mol. The normalized spacial score (nSPS) is 16.5. The molecule has 2 atom stereocenters. The van der Waals surface area contributed by atoms with E-state index in [0.717, 1.165) is 58.4 Å². The summed E-state index contributed by atoms with van der Waals surface area (Å²) in [5.41, 5.74) is 6.50. The minimum absolute atomic E-state index is 0.0374. The van der Waals surface area contributed by atoms with Crippen molar-refractivity contribution in [3.63, 3.8) is 0 Å². The Morgan fingerprint density at radius 3 is 2.59 bits per heavy atom. The molecule has 1 saturated heterocycles. The van der Waals surface area contributed by atoms with E-state index in [2.05, 4.69) is 38.8 Å². The van der Waals surface area contributed by atoms with Gasteiger partial charge in [0.1, 0.15) is 11.2 Å². The van der Waals surface area contributed by atoms with Crippen molar-refractivity contribution in [1.82, 2.24) is 24.3 Å². The lowest BCUT2D eigenvalue weighted by molar-refractivity contribution is -0.0365. The summed E-state index contributed by atoms with van der Waals surface area (Å²) in [6, 6.07) is 18.9. The SMILES string of the molecule is Cc1cc(-c2nn(C3CCCCO3)c3ccc(-c4ccn([C@H](CO[Si](C)(C)C(C)(C)C)c5cccc(Cl)c5)c(=O)c4)nc23)ccn1. The molecule has 5 aromatic rings. The van der Waals surface area contributed by atoms with E-state index in [1.165, 1.54) is 0 Å². The van der Waals surface area contributed by atoms with E-state index in [0.29, 0.717) is 23.9 Å². The number of rotatable bonds is 8. The summed E-state index contributed by atoms with van der Waals surface area (Å²) in [6.45, 7) is 14.1. The Morgan fingerprint density at radius 1 is 1.07 bits per heavy atom. The molecule has 1 unspecified atom stereocenters. The maximum atomic E-state index is 13.9. The highest BCUT2D eigenvalue weighted by Gasteiger charge is 2.38. The Balaban J connectivity index is 1.40. The number of benzene rings is 1. The zero-order valence-corrected chi connectivity index (χ0v) is 29.2. The van der Waals surface area contributed by atoms with Crippen molar-refractivity contribution in [2.75, 3.05) is 13.2 Å². The average molecular weight is 656 g/mol. The summed E-state index contributed by atoms with van der Waals surface area (Å²) < 4.78 is 16.5. The Morgan fingerprint density at radius 2 is 1.89 bits per heavy atom. The summed E-state index contributed by atoms with van der Waals surface area (Å²) in [6.07, 6.45) is 6.55. The number of hydrogen-bond acceptors (Lipinski definition) is 6. The van der Waals surface area contributed by atoms with Crippen molar-refractivity contribution in [3.05, 3.63) is 99.7 Å². The number of aryl methyl sites for hydroxylation is 1. The van der Waals surface area contributed by atoms with Gasteiger partial charge in [-0.25, -0.2) is 9.67 Å². The minimum atomic E-state index is -2.08. The molecule has 240 valence electrons. The van der Waals surface area contributed by atoms with Gasteiger partial charge in [-0.2, -0.15) is 5.10 Å². The van der Waals surface area contributed by atoms with Gasteiger partial charge in [0.2, 0.25) is 0 Å². The largest absolute Gasteiger partial charge is 0.414 e. The first kappa shape index (κ1) is 32.3. The van der Waals surface area contributed by atoms with Gasteiger partial charge in [0.25, 0.3) is 5.56 Å². The lowest BCUT2D eigenvalue weighted by atomic mass is 10.1. The van der Waals surface area contributed by atoms with E-state index in [4.69, 9.17) is 30.8 Å². The third kappa shape index (κ3) is 6.60. The van der Waals surface area contributed by atoms with Gasteiger partial charge in [0, 0.05) is 46.9 Å². The molecule has 5 heterocycles. The Hall–Kier alpha value is -3.63. The molecule has 0 spiro atoms. The molecule has 1 aromatic carbocycles. The molecule has 0 saturated carbocycles. The molecule has 0 amide bonds. The molecular formula is C36H42ClN5O3Si. The van der Waals surface area contributed by atoms with Gasteiger partial charge in [-0.15, -0.1) is 0 Å². The number of nitrogens with zero attached hydrogens (tertiary/aromatic N) is 5. The predicted molar refractivity (Wildman–Crippen MR) is 187 cm³/mol. The second-order valence-electron chi connectivity index (χ2n) is 13.7. The fraction of sp³-hybridized carbons (Fsp3) is 0.389. The van der Waals surface area contributed by atoms with Crippen LogP contribution in [0.15, 0.2) is 77.9 Å². The fourth-order valence-corrected chi connectivity index (χ4v) is 6.87. The number of halogens is 1. The molecule has 4 aromatic heterocycles. The van der Waals surface area contributed by atoms with Gasteiger partial charge in [0.15, 0.2) is 14.5 Å². The topological polar surface area (TPSA) is 84.1 Å². The number of pyridine rings is 3. The van der Waals surface area contributed by atoms with E-state index in [1.807, 2.05) is 72.4 Å². The first-order valence-electron chi connectivity index (χ1n) is 16.0. The highest BCUT2D eigenvalue weighted by Crippen LogP contribution is 2.38. The van der Waals surface area contributed by atoms with Crippen LogP contribution in [0.5, 0.6) is 0 Å². The lowest BCUT2D eigenvalue weighted by Crippen LogP contribution is -2.43. The molecule has 1 fully saturated rings. The second kappa shape index (κ2) is 12.9. The van der Waals surface area contributed by atoms with Gasteiger partial charge in [-0.3, -0.25) is 9.78 Å².